The zero-order valence-corrected chi connectivity index (χ0v) is 10.9. The minimum atomic E-state index is 0.412. The molecule has 3 atom stereocenters. The van der Waals surface area contributed by atoms with Crippen LogP contribution in [-0.2, 0) is 9.47 Å². The third-order valence-corrected chi connectivity index (χ3v) is 4.24. The molecule has 2 fully saturated rings. The highest BCUT2D eigenvalue weighted by Gasteiger charge is 2.28. The molecule has 0 spiro atoms. The molecule has 0 amide bonds. The summed E-state index contributed by atoms with van der Waals surface area (Å²) in [6, 6.07) is 0.510. The van der Waals surface area contributed by atoms with Gasteiger partial charge in [0.2, 0.25) is 0 Å². The highest BCUT2D eigenvalue weighted by atomic mass is 16.5. The lowest BCUT2D eigenvalue weighted by molar-refractivity contribution is 0.0113. The van der Waals surface area contributed by atoms with Gasteiger partial charge in [0.1, 0.15) is 0 Å². The summed E-state index contributed by atoms with van der Waals surface area (Å²) >= 11 is 0. The predicted octanol–water partition coefficient (Wildman–Crippen LogP) is 0.851. The molecule has 2 heterocycles. The van der Waals surface area contributed by atoms with Crippen molar-refractivity contribution in [3.63, 3.8) is 0 Å². The fourth-order valence-corrected chi connectivity index (χ4v) is 2.98. The summed E-state index contributed by atoms with van der Waals surface area (Å²) in [5.41, 5.74) is 5.87. The molecule has 2 N–H and O–H groups in total. The second-order valence-corrected chi connectivity index (χ2v) is 5.33. The van der Waals surface area contributed by atoms with Crippen LogP contribution in [0.2, 0.25) is 0 Å². The first-order chi connectivity index (χ1) is 8.33. The molecular formula is C13H26N2O2. The van der Waals surface area contributed by atoms with Gasteiger partial charge in [-0.3, -0.25) is 4.90 Å². The van der Waals surface area contributed by atoms with Gasteiger partial charge in [-0.15, -0.1) is 0 Å². The van der Waals surface area contributed by atoms with E-state index < -0.39 is 0 Å². The lowest BCUT2D eigenvalue weighted by atomic mass is 9.97. The molecule has 100 valence electrons. The van der Waals surface area contributed by atoms with Crippen LogP contribution in [0.15, 0.2) is 0 Å². The average molecular weight is 242 g/mol. The molecule has 0 aromatic rings. The Labute approximate surface area is 104 Å². The van der Waals surface area contributed by atoms with Gasteiger partial charge in [0.05, 0.1) is 6.10 Å². The third-order valence-electron chi connectivity index (χ3n) is 4.24. The zero-order valence-electron chi connectivity index (χ0n) is 10.9. The number of hydrogen-bond acceptors (Lipinski definition) is 4. The van der Waals surface area contributed by atoms with Crippen LogP contribution in [0.1, 0.15) is 25.7 Å². The van der Waals surface area contributed by atoms with Crippen molar-refractivity contribution < 1.29 is 9.47 Å². The predicted molar refractivity (Wildman–Crippen MR) is 68.0 cm³/mol. The number of likely N-dealkylation sites (tertiary alicyclic amines) is 1. The number of hydrogen-bond donors (Lipinski definition) is 1. The molecule has 4 nitrogen and oxygen atoms in total. The Kier molecular flexibility index (Phi) is 5.22. The number of piperidine rings is 1. The maximum Gasteiger partial charge on any atom is 0.0599 e. The van der Waals surface area contributed by atoms with Crippen molar-refractivity contribution in [3.05, 3.63) is 0 Å². The van der Waals surface area contributed by atoms with Crippen molar-refractivity contribution in [3.8, 4) is 0 Å². The van der Waals surface area contributed by atoms with Crippen molar-refractivity contribution in [2.45, 2.75) is 37.8 Å². The Morgan fingerprint density at radius 2 is 2.29 bits per heavy atom. The van der Waals surface area contributed by atoms with E-state index in [4.69, 9.17) is 15.2 Å². The molecule has 2 saturated heterocycles. The van der Waals surface area contributed by atoms with Crippen LogP contribution in [0.4, 0.5) is 0 Å². The monoisotopic (exact) mass is 242 g/mol. The minimum absolute atomic E-state index is 0.412. The quantitative estimate of drug-likeness (QED) is 0.776. The van der Waals surface area contributed by atoms with E-state index in [-0.39, 0.29) is 0 Å². The molecule has 2 aliphatic rings. The van der Waals surface area contributed by atoms with Gasteiger partial charge < -0.3 is 15.2 Å². The number of nitrogens with two attached hydrogens (primary N) is 1. The van der Waals surface area contributed by atoms with Crippen LogP contribution in [-0.4, -0.2) is 57.0 Å². The lowest BCUT2D eigenvalue weighted by Gasteiger charge is -2.38. The fraction of sp³-hybridized carbons (Fsp3) is 1.00. The molecule has 2 rings (SSSR count). The van der Waals surface area contributed by atoms with Gasteiger partial charge in [-0.2, -0.15) is 0 Å². The van der Waals surface area contributed by atoms with Gasteiger partial charge >= 0.3 is 0 Å². The van der Waals surface area contributed by atoms with Crippen molar-refractivity contribution in [1.29, 1.82) is 0 Å². The topological polar surface area (TPSA) is 47.7 Å². The standard InChI is InChI=1S/C13H26N2O2/c1-16-13-3-6-15(12(8-13)9-14)5-2-11-4-7-17-10-11/h11-13H,2-10,14H2,1H3. The first-order valence-electron chi connectivity index (χ1n) is 6.88. The largest absolute Gasteiger partial charge is 0.381 e. The summed E-state index contributed by atoms with van der Waals surface area (Å²) in [5.74, 6) is 0.772. The lowest BCUT2D eigenvalue weighted by Crippen LogP contribution is -2.49. The van der Waals surface area contributed by atoms with E-state index in [9.17, 15) is 0 Å². The molecule has 0 saturated carbocycles. The molecule has 3 unspecified atom stereocenters. The van der Waals surface area contributed by atoms with Crippen LogP contribution in [0.3, 0.4) is 0 Å². The summed E-state index contributed by atoms with van der Waals surface area (Å²) in [6.45, 7) is 4.97. The van der Waals surface area contributed by atoms with E-state index in [1.54, 1.807) is 0 Å². The van der Waals surface area contributed by atoms with Gasteiger partial charge in [0.25, 0.3) is 0 Å². The van der Waals surface area contributed by atoms with Gasteiger partial charge in [-0.1, -0.05) is 0 Å². The first kappa shape index (κ1) is 13.3. The maximum absolute atomic E-state index is 5.87. The molecule has 2 aliphatic heterocycles. The molecule has 17 heavy (non-hydrogen) atoms. The van der Waals surface area contributed by atoms with Crippen LogP contribution in [0, 0.1) is 5.92 Å². The second-order valence-electron chi connectivity index (χ2n) is 5.33. The van der Waals surface area contributed by atoms with E-state index >= 15 is 0 Å². The van der Waals surface area contributed by atoms with Crippen molar-refractivity contribution >= 4 is 0 Å². The summed E-state index contributed by atoms with van der Waals surface area (Å²) in [7, 11) is 1.81. The highest BCUT2D eigenvalue weighted by Crippen LogP contribution is 2.22. The van der Waals surface area contributed by atoms with E-state index in [2.05, 4.69) is 4.90 Å². The first-order valence-corrected chi connectivity index (χ1v) is 6.88. The Balaban J connectivity index is 1.74. The smallest absolute Gasteiger partial charge is 0.0599 e. The second kappa shape index (κ2) is 6.69. The molecule has 0 aromatic carbocycles. The highest BCUT2D eigenvalue weighted by molar-refractivity contribution is 4.83. The molecule has 0 aromatic heterocycles. The van der Waals surface area contributed by atoms with Crippen LogP contribution in [0.25, 0.3) is 0 Å². The van der Waals surface area contributed by atoms with Gasteiger partial charge in [0, 0.05) is 39.5 Å². The Morgan fingerprint density at radius 3 is 2.94 bits per heavy atom. The summed E-state index contributed by atoms with van der Waals surface area (Å²) < 4.78 is 10.9. The van der Waals surface area contributed by atoms with Crippen LogP contribution >= 0.6 is 0 Å². The van der Waals surface area contributed by atoms with Gasteiger partial charge in [-0.25, -0.2) is 0 Å². The maximum atomic E-state index is 5.87. The van der Waals surface area contributed by atoms with Gasteiger partial charge in [-0.05, 0) is 38.1 Å². The minimum Gasteiger partial charge on any atom is -0.381 e. The van der Waals surface area contributed by atoms with Crippen molar-refractivity contribution in [1.82, 2.24) is 4.90 Å². The number of methoxy groups -OCH3 is 1. The fourth-order valence-electron chi connectivity index (χ4n) is 2.98. The van der Waals surface area contributed by atoms with Gasteiger partial charge in [0.15, 0.2) is 0 Å². The zero-order chi connectivity index (χ0) is 12.1. The van der Waals surface area contributed by atoms with Crippen LogP contribution < -0.4 is 5.73 Å². The Morgan fingerprint density at radius 1 is 1.41 bits per heavy atom. The number of ether oxygens (including phenoxy) is 2. The van der Waals surface area contributed by atoms with Crippen molar-refractivity contribution in [2.24, 2.45) is 11.7 Å². The third kappa shape index (κ3) is 3.65. The Bertz CT molecular complexity index is 219. The number of nitrogens with zero attached hydrogens (tertiary/aromatic N) is 1. The van der Waals surface area contributed by atoms with E-state index in [1.165, 1.54) is 19.4 Å². The average Bonchev–Trinajstić information content (AvgIpc) is 2.89. The summed E-state index contributed by atoms with van der Waals surface area (Å²) in [6.07, 6.45) is 5.15. The number of rotatable bonds is 5. The van der Waals surface area contributed by atoms with E-state index in [0.717, 1.165) is 45.1 Å². The summed E-state index contributed by atoms with van der Waals surface area (Å²) in [4.78, 5) is 2.55. The molecular weight excluding hydrogens is 216 g/mol. The molecule has 0 radical (unpaired) electrons. The normalized spacial score (nSPS) is 35.3. The SMILES string of the molecule is COC1CCN(CCC2CCOC2)C(CN)C1. The molecule has 0 aliphatic carbocycles. The Hall–Kier alpha value is -0.160. The summed E-state index contributed by atoms with van der Waals surface area (Å²) in [5, 5.41) is 0. The molecule has 0 bridgehead atoms. The van der Waals surface area contributed by atoms with E-state index in [0.29, 0.717) is 12.1 Å². The van der Waals surface area contributed by atoms with E-state index in [1.807, 2.05) is 7.11 Å². The van der Waals surface area contributed by atoms with Crippen LogP contribution in [0.5, 0.6) is 0 Å². The van der Waals surface area contributed by atoms with Crippen molar-refractivity contribution in [2.75, 3.05) is 40.0 Å². The molecule has 4 heteroatoms.